The number of carbonyl (C=O) groups is 1. The Balaban J connectivity index is 2.14. The summed E-state index contributed by atoms with van der Waals surface area (Å²) in [5.74, 6) is 0.440. The lowest BCUT2D eigenvalue weighted by molar-refractivity contribution is 0.251. The van der Waals surface area contributed by atoms with Crippen molar-refractivity contribution in [3.8, 4) is 0 Å². The number of benzene rings is 1. The minimum Gasteiger partial charge on any atom is -0.338 e. The molecule has 1 aromatic carbocycles. The van der Waals surface area contributed by atoms with Gasteiger partial charge in [-0.25, -0.2) is 13.2 Å². The standard InChI is InChI=1S/C15H23N3O3S/c1-4-22(20,21)18-8-7-12-5-6-13(9-14(12)18)17-15(19)16-10-11(2)3/h5-6,9,11H,4,7-8,10H2,1-3H3,(H2,16,17,19). The lowest BCUT2D eigenvalue weighted by Gasteiger charge is -2.19. The predicted octanol–water partition coefficient (Wildman–Crippen LogP) is 2.18. The van der Waals surface area contributed by atoms with Gasteiger partial charge in [-0.2, -0.15) is 0 Å². The van der Waals surface area contributed by atoms with Crippen molar-refractivity contribution in [2.24, 2.45) is 5.92 Å². The van der Waals surface area contributed by atoms with Crippen LogP contribution >= 0.6 is 0 Å². The zero-order valence-corrected chi connectivity index (χ0v) is 14.0. The number of anilines is 2. The summed E-state index contributed by atoms with van der Waals surface area (Å²) < 4.78 is 25.6. The molecule has 0 saturated carbocycles. The van der Waals surface area contributed by atoms with Gasteiger partial charge >= 0.3 is 6.03 Å². The van der Waals surface area contributed by atoms with E-state index in [4.69, 9.17) is 0 Å². The highest BCUT2D eigenvalue weighted by Gasteiger charge is 2.28. The van der Waals surface area contributed by atoms with E-state index >= 15 is 0 Å². The molecule has 1 aliphatic rings. The van der Waals surface area contributed by atoms with Crippen LogP contribution in [0.5, 0.6) is 0 Å². The average Bonchev–Trinajstić information content (AvgIpc) is 2.89. The number of amides is 2. The summed E-state index contributed by atoms with van der Waals surface area (Å²) in [4.78, 5) is 11.8. The van der Waals surface area contributed by atoms with Crippen molar-refractivity contribution in [2.45, 2.75) is 27.2 Å². The molecule has 0 aliphatic carbocycles. The summed E-state index contributed by atoms with van der Waals surface area (Å²) in [6.07, 6.45) is 0.703. The Morgan fingerprint density at radius 1 is 1.36 bits per heavy atom. The number of hydrogen-bond donors (Lipinski definition) is 2. The Labute approximate surface area is 131 Å². The van der Waals surface area contributed by atoms with E-state index in [0.717, 1.165) is 5.56 Å². The van der Waals surface area contributed by atoms with Crippen molar-refractivity contribution < 1.29 is 13.2 Å². The lowest BCUT2D eigenvalue weighted by Crippen LogP contribution is -2.32. The van der Waals surface area contributed by atoms with Crippen LogP contribution in [0.4, 0.5) is 16.2 Å². The summed E-state index contributed by atoms with van der Waals surface area (Å²) in [7, 11) is -3.27. The van der Waals surface area contributed by atoms with Gasteiger partial charge in [0.25, 0.3) is 0 Å². The molecule has 122 valence electrons. The number of hydrogen-bond acceptors (Lipinski definition) is 3. The van der Waals surface area contributed by atoms with Gasteiger partial charge in [-0.15, -0.1) is 0 Å². The molecule has 0 fully saturated rings. The first-order valence-corrected chi connectivity index (χ1v) is 9.12. The number of sulfonamides is 1. The monoisotopic (exact) mass is 325 g/mol. The molecule has 22 heavy (non-hydrogen) atoms. The Morgan fingerprint density at radius 3 is 2.73 bits per heavy atom. The van der Waals surface area contributed by atoms with Crippen molar-refractivity contribution in [1.82, 2.24) is 5.32 Å². The highest BCUT2D eigenvalue weighted by molar-refractivity contribution is 7.92. The molecular weight excluding hydrogens is 302 g/mol. The van der Waals surface area contributed by atoms with Crippen molar-refractivity contribution in [2.75, 3.05) is 28.5 Å². The van der Waals surface area contributed by atoms with Crippen LogP contribution in [0.2, 0.25) is 0 Å². The fourth-order valence-electron chi connectivity index (χ4n) is 2.34. The van der Waals surface area contributed by atoms with Crippen LogP contribution in [0.25, 0.3) is 0 Å². The summed E-state index contributed by atoms with van der Waals surface area (Å²) in [5, 5.41) is 5.51. The van der Waals surface area contributed by atoms with E-state index in [1.54, 1.807) is 19.1 Å². The average molecular weight is 325 g/mol. The third-order valence-corrected chi connectivity index (χ3v) is 5.35. The van der Waals surface area contributed by atoms with Crippen LogP contribution in [-0.2, 0) is 16.4 Å². The first kappa shape index (κ1) is 16.6. The molecule has 0 radical (unpaired) electrons. The number of nitrogens with one attached hydrogen (secondary N) is 2. The molecule has 0 spiro atoms. The van der Waals surface area contributed by atoms with Gasteiger partial charge in [0.15, 0.2) is 0 Å². The van der Waals surface area contributed by atoms with Crippen LogP contribution in [0.15, 0.2) is 18.2 Å². The molecule has 1 aromatic rings. The maximum Gasteiger partial charge on any atom is 0.319 e. The van der Waals surface area contributed by atoms with Crippen molar-refractivity contribution in [3.05, 3.63) is 23.8 Å². The van der Waals surface area contributed by atoms with Crippen LogP contribution in [0.1, 0.15) is 26.3 Å². The van der Waals surface area contributed by atoms with Crippen LogP contribution in [-0.4, -0.2) is 33.3 Å². The molecule has 2 N–H and O–H groups in total. The van der Waals surface area contributed by atoms with E-state index in [2.05, 4.69) is 10.6 Å². The molecule has 7 heteroatoms. The number of nitrogens with zero attached hydrogens (tertiary/aromatic N) is 1. The van der Waals surface area contributed by atoms with Crippen molar-refractivity contribution in [3.63, 3.8) is 0 Å². The number of rotatable bonds is 5. The molecule has 0 unspecified atom stereocenters. The summed E-state index contributed by atoms with van der Waals surface area (Å²) in [5.41, 5.74) is 2.26. The smallest absolute Gasteiger partial charge is 0.319 e. The lowest BCUT2D eigenvalue weighted by atomic mass is 10.1. The van der Waals surface area contributed by atoms with E-state index in [1.807, 2.05) is 19.9 Å². The fourth-order valence-corrected chi connectivity index (χ4v) is 3.50. The normalized spacial score (nSPS) is 14.1. The first-order valence-electron chi connectivity index (χ1n) is 7.51. The Bertz CT molecular complexity index is 656. The maximum absolute atomic E-state index is 12.1. The van der Waals surface area contributed by atoms with Crippen LogP contribution in [0.3, 0.4) is 0 Å². The Morgan fingerprint density at radius 2 is 2.09 bits per heavy atom. The number of urea groups is 1. The highest BCUT2D eigenvalue weighted by atomic mass is 32.2. The van der Waals surface area contributed by atoms with E-state index in [1.165, 1.54) is 4.31 Å². The molecule has 0 aromatic heterocycles. The predicted molar refractivity (Wildman–Crippen MR) is 88.8 cm³/mol. The summed E-state index contributed by atoms with van der Waals surface area (Å²) >= 11 is 0. The molecule has 0 atom stereocenters. The third-order valence-electron chi connectivity index (χ3n) is 3.57. The molecular formula is C15H23N3O3S. The minimum atomic E-state index is -3.27. The molecule has 1 aliphatic heterocycles. The Hall–Kier alpha value is -1.76. The van der Waals surface area contributed by atoms with E-state index < -0.39 is 10.0 Å². The quantitative estimate of drug-likeness (QED) is 0.871. The van der Waals surface area contributed by atoms with Crippen molar-refractivity contribution in [1.29, 1.82) is 0 Å². The molecule has 2 amide bonds. The zero-order chi connectivity index (χ0) is 16.3. The summed E-state index contributed by atoms with van der Waals surface area (Å²) in [6.45, 7) is 6.72. The second-order valence-electron chi connectivity index (χ2n) is 5.80. The van der Waals surface area contributed by atoms with Crippen LogP contribution < -0.4 is 14.9 Å². The maximum atomic E-state index is 12.1. The Kier molecular flexibility index (Phi) is 4.95. The topological polar surface area (TPSA) is 78.5 Å². The van der Waals surface area contributed by atoms with Gasteiger partial charge in [-0.1, -0.05) is 19.9 Å². The minimum absolute atomic E-state index is 0.0684. The second kappa shape index (κ2) is 6.56. The first-order chi connectivity index (χ1) is 10.3. The zero-order valence-electron chi connectivity index (χ0n) is 13.2. The molecule has 1 heterocycles. The van der Waals surface area contributed by atoms with Gasteiger partial charge in [-0.05, 0) is 37.0 Å². The largest absolute Gasteiger partial charge is 0.338 e. The van der Waals surface area contributed by atoms with E-state index in [0.29, 0.717) is 36.8 Å². The van der Waals surface area contributed by atoms with Crippen LogP contribution in [0, 0.1) is 5.92 Å². The van der Waals surface area contributed by atoms with E-state index in [-0.39, 0.29) is 11.8 Å². The fraction of sp³-hybridized carbons (Fsp3) is 0.533. The molecule has 6 nitrogen and oxygen atoms in total. The van der Waals surface area contributed by atoms with Gasteiger partial charge < -0.3 is 10.6 Å². The number of carbonyl (C=O) groups excluding carboxylic acids is 1. The SMILES string of the molecule is CCS(=O)(=O)N1CCc2ccc(NC(=O)NCC(C)C)cc21. The van der Waals surface area contributed by atoms with E-state index in [9.17, 15) is 13.2 Å². The summed E-state index contributed by atoms with van der Waals surface area (Å²) in [6, 6.07) is 5.12. The van der Waals surface area contributed by atoms with Gasteiger partial charge in [0, 0.05) is 18.8 Å². The molecule has 2 rings (SSSR count). The second-order valence-corrected chi connectivity index (χ2v) is 7.98. The van der Waals surface area contributed by atoms with Gasteiger partial charge in [0.2, 0.25) is 10.0 Å². The highest BCUT2D eigenvalue weighted by Crippen LogP contribution is 2.32. The van der Waals surface area contributed by atoms with Gasteiger partial charge in [0.1, 0.15) is 0 Å². The van der Waals surface area contributed by atoms with Gasteiger partial charge in [0.05, 0.1) is 11.4 Å². The number of fused-ring (bicyclic) bond motifs is 1. The molecule has 0 saturated heterocycles. The molecule has 0 bridgehead atoms. The van der Waals surface area contributed by atoms with Gasteiger partial charge in [-0.3, -0.25) is 4.31 Å². The van der Waals surface area contributed by atoms with Crippen molar-refractivity contribution >= 4 is 27.4 Å². The third kappa shape index (κ3) is 3.71.